The van der Waals surface area contributed by atoms with Gasteiger partial charge < -0.3 is 19.2 Å². The van der Waals surface area contributed by atoms with Crippen LogP contribution in [0.3, 0.4) is 0 Å². The Morgan fingerprint density at radius 3 is 2.89 bits per heavy atom. The highest BCUT2D eigenvalue weighted by Crippen LogP contribution is 2.39. The number of nitrogens with one attached hydrogen (secondary N) is 1. The van der Waals surface area contributed by atoms with Gasteiger partial charge in [0.05, 0.1) is 35.9 Å². The minimum atomic E-state index is -0.601. The molecular weight excluding hydrogens is 449 g/mol. The lowest BCUT2D eigenvalue weighted by Crippen LogP contribution is -2.16. The summed E-state index contributed by atoms with van der Waals surface area (Å²) in [7, 11) is 1.63. The fourth-order valence-electron chi connectivity index (χ4n) is 4.06. The summed E-state index contributed by atoms with van der Waals surface area (Å²) in [6.07, 6.45) is 7.55. The number of hydrogen-bond donors (Lipinski definition) is 1. The van der Waals surface area contributed by atoms with Crippen LogP contribution >= 0.6 is 0 Å². The first kappa shape index (κ1) is 22.9. The van der Waals surface area contributed by atoms with Crippen LogP contribution in [0.5, 0.6) is 0 Å². The van der Waals surface area contributed by atoms with Gasteiger partial charge in [0.15, 0.2) is 5.82 Å². The van der Waals surface area contributed by atoms with E-state index in [-0.39, 0.29) is 17.4 Å². The van der Waals surface area contributed by atoms with Crippen molar-refractivity contribution in [1.82, 2.24) is 29.3 Å². The van der Waals surface area contributed by atoms with Gasteiger partial charge in [0.1, 0.15) is 23.7 Å². The molecule has 0 aliphatic heterocycles. The van der Waals surface area contributed by atoms with Crippen molar-refractivity contribution in [3.05, 3.63) is 71.8 Å². The van der Waals surface area contributed by atoms with E-state index in [1.165, 1.54) is 6.07 Å². The first-order valence-electron chi connectivity index (χ1n) is 11.5. The zero-order valence-corrected chi connectivity index (χ0v) is 19.8. The number of imidazole rings is 1. The molecule has 180 valence electrons. The van der Waals surface area contributed by atoms with E-state index in [4.69, 9.17) is 4.74 Å². The molecular formula is C25H26FN7O2. The van der Waals surface area contributed by atoms with Crippen LogP contribution in [0.25, 0.3) is 17.2 Å². The first-order chi connectivity index (χ1) is 16.9. The van der Waals surface area contributed by atoms with Gasteiger partial charge in [-0.15, -0.1) is 10.2 Å². The number of carbonyl (C=O) groups excluding carboxylic acids is 1. The van der Waals surface area contributed by atoms with Crippen molar-refractivity contribution in [3.8, 4) is 17.2 Å². The lowest BCUT2D eigenvalue weighted by Gasteiger charge is -2.14. The van der Waals surface area contributed by atoms with Crippen LogP contribution in [-0.2, 0) is 4.74 Å². The van der Waals surface area contributed by atoms with Crippen LogP contribution in [0.15, 0.2) is 49.2 Å². The van der Waals surface area contributed by atoms with Crippen molar-refractivity contribution in [2.45, 2.75) is 38.6 Å². The Balaban J connectivity index is 1.40. The maximum Gasteiger partial charge on any atom is 0.259 e. The van der Waals surface area contributed by atoms with Crippen LogP contribution in [0.4, 0.5) is 10.2 Å². The van der Waals surface area contributed by atoms with Gasteiger partial charge in [-0.05, 0) is 56.5 Å². The molecule has 3 heterocycles. The predicted octanol–water partition coefficient (Wildman–Crippen LogP) is 4.31. The number of ether oxygens (including phenoxy) is 1. The molecule has 1 aliphatic carbocycles. The molecule has 1 fully saturated rings. The average molecular weight is 476 g/mol. The van der Waals surface area contributed by atoms with Crippen LogP contribution in [0.1, 0.15) is 53.3 Å². The van der Waals surface area contributed by atoms with Gasteiger partial charge in [-0.25, -0.2) is 14.4 Å². The molecule has 35 heavy (non-hydrogen) atoms. The Hall–Kier alpha value is -3.92. The van der Waals surface area contributed by atoms with E-state index in [9.17, 15) is 9.18 Å². The molecule has 0 spiro atoms. The fourth-order valence-corrected chi connectivity index (χ4v) is 4.06. The number of hydrogen-bond acceptors (Lipinski definition) is 6. The SMILES string of the molecule is COCC(C)n1cnnc1-c1cccc(NC(=O)c2cc(-n3cnc(C4CC4)c3)c(C)cc2F)n1. The van der Waals surface area contributed by atoms with Gasteiger partial charge in [0.2, 0.25) is 0 Å². The van der Waals surface area contributed by atoms with Crippen LogP contribution in [0, 0.1) is 12.7 Å². The third-order valence-corrected chi connectivity index (χ3v) is 6.08. The molecule has 10 heteroatoms. The van der Waals surface area contributed by atoms with Gasteiger partial charge in [-0.3, -0.25) is 4.79 Å². The minimum Gasteiger partial charge on any atom is -0.383 e. The van der Waals surface area contributed by atoms with Crippen molar-refractivity contribution in [2.75, 3.05) is 19.0 Å². The van der Waals surface area contributed by atoms with E-state index in [2.05, 4.69) is 25.5 Å². The number of carbonyl (C=O) groups is 1. The monoisotopic (exact) mass is 475 g/mol. The summed E-state index contributed by atoms with van der Waals surface area (Å²) in [5.41, 5.74) is 2.89. The molecule has 5 rings (SSSR count). The van der Waals surface area contributed by atoms with Gasteiger partial charge in [-0.1, -0.05) is 6.07 Å². The number of pyridine rings is 1. The summed E-state index contributed by atoms with van der Waals surface area (Å²) in [5.74, 6) is 0.129. The second kappa shape index (κ2) is 9.38. The van der Waals surface area contributed by atoms with E-state index in [0.29, 0.717) is 35.3 Å². The molecule has 1 atom stereocenters. The Morgan fingerprint density at radius 2 is 2.11 bits per heavy atom. The lowest BCUT2D eigenvalue weighted by atomic mass is 10.1. The number of aromatic nitrogens is 6. The Morgan fingerprint density at radius 1 is 1.29 bits per heavy atom. The van der Waals surface area contributed by atoms with Crippen molar-refractivity contribution in [2.24, 2.45) is 0 Å². The van der Waals surface area contributed by atoms with E-state index in [1.807, 2.05) is 29.2 Å². The molecule has 0 bridgehead atoms. The summed E-state index contributed by atoms with van der Waals surface area (Å²) in [6.45, 7) is 4.27. The van der Waals surface area contributed by atoms with Crippen LogP contribution < -0.4 is 5.32 Å². The largest absolute Gasteiger partial charge is 0.383 e. The van der Waals surface area contributed by atoms with Gasteiger partial charge in [-0.2, -0.15) is 0 Å². The van der Waals surface area contributed by atoms with Gasteiger partial charge in [0.25, 0.3) is 5.91 Å². The number of aryl methyl sites for hydroxylation is 1. The van der Waals surface area contributed by atoms with Gasteiger partial charge in [0, 0.05) is 19.2 Å². The Bertz CT molecular complexity index is 1380. The number of anilines is 1. The normalized spacial score (nSPS) is 14.2. The number of halogens is 1. The third-order valence-electron chi connectivity index (χ3n) is 6.08. The smallest absolute Gasteiger partial charge is 0.259 e. The highest BCUT2D eigenvalue weighted by molar-refractivity contribution is 6.04. The molecule has 0 radical (unpaired) electrons. The van der Waals surface area contributed by atoms with E-state index in [0.717, 1.165) is 18.5 Å². The van der Waals surface area contributed by atoms with Crippen molar-refractivity contribution >= 4 is 11.7 Å². The molecule has 3 aromatic heterocycles. The maximum absolute atomic E-state index is 14.8. The van der Waals surface area contributed by atoms with Crippen LogP contribution in [-0.4, -0.2) is 48.9 Å². The first-order valence-corrected chi connectivity index (χ1v) is 11.5. The Labute approximate surface area is 202 Å². The van der Waals surface area contributed by atoms with E-state index in [1.54, 1.807) is 44.0 Å². The lowest BCUT2D eigenvalue weighted by molar-refractivity contribution is 0.102. The average Bonchev–Trinajstić information content (AvgIpc) is 3.36. The summed E-state index contributed by atoms with van der Waals surface area (Å²) in [6, 6.07) is 8.08. The quantitative estimate of drug-likeness (QED) is 0.408. The zero-order valence-electron chi connectivity index (χ0n) is 19.8. The minimum absolute atomic E-state index is 0.00581. The molecule has 1 unspecified atom stereocenters. The summed E-state index contributed by atoms with van der Waals surface area (Å²) in [4.78, 5) is 22.0. The highest BCUT2D eigenvalue weighted by atomic mass is 19.1. The predicted molar refractivity (Wildman–Crippen MR) is 128 cm³/mol. The molecule has 1 amide bonds. The molecule has 4 aromatic rings. The second-order valence-corrected chi connectivity index (χ2v) is 8.83. The number of methoxy groups -OCH3 is 1. The Kier molecular flexibility index (Phi) is 6.12. The van der Waals surface area contributed by atoms with Gasteiger partial charge >= 0.3 is 0 Å². The molecule has 1 saturated carbocycles. The maximum atomic E-state index is 14.8. The van der Waals surface area contributed by atoms with Crippen molar-refractivity contribution in [3.63, 3.8) is 0 Å². The molecule has 1 N–H and O–H groups in total. The topological polar surface area (TPSA) is 99.8 Å². The summed E-state index contributed by atoms with van der Waals surface area (Å²) < 4.78 is 23.7. The van der Waals surface area contributed by atoms with Crippen molar-refractivity contribution in [1.29, 1.82) is 0 Å². The molecule has 9 nitrogen and oxygen atoms in total. The van der Waals surface area contributed by atoms with Crippen LogP contribution in [0.2, 0.25) is 0 Å². The number of rotatable bonds is 8. The number of amides is 1. The van der Waals surface area contributed by atoms with E-state index >= 15 is 0 Å². The number of nitrogens with zero attached hydrogens (tertiary/aromatic N) is 6. The van der Waals surface area contributed by atoms with Crippen molar-refractivity contribution < 1.29 is 13.9 Å². The molecule has 0 saturated heterocycles. The third kappa shape index (κ3) is 4.69. The highest BCUT2D eigenvalue weighted by Gasteiger charge is 2.26. The fraction of sp³-hybridized carbons (Fsp3) is 0.320. The summed E-state index contributed by atoms with van der Waals surface area (Å²) >= 11 is 0. The second-order valence-electron chi connectivity index (χ2n) is 8.83. The van der Waals surface area contributed by atoms with E-state index < -0.39 is 11.7 Å². The zero-order chi connectivity index (χ0) is 24.5. The molecule has 1 aliphatic rings. The summed E-state index contributed by atoms with van der Waals surface area (Å²) in [5, 5.41) is 10.9. The standard InChI is InChI=1S/C25H26FN7O2/c1-15-9-19(26)18(10-22(15)32-11-21(27-13-32)17-7-8-17)25(34)30-23-6-4-5-20(29-23)24-31-28-14-33(24)16(2)12-35-3/h4-6,9-11,13-14,16-17H,7-8,12H2,1-3H3,(H,29,30,34). The molecule has 1 aromatic carbocycles. The number of benzene rings is 1.